The van der Waals surface area contributed by atoms with Crippen LogP contribution in [0.1, 0.15) is 53.4 Å². The highest BCUT2D eigenvalue weighted by Crippen LogP contribution is 2.29. The summed E-state index contributed by atoms with van der Waals surface area (Å²) in [5.41, 5.74) is 5.17. The molecule has 1 amide bonds. The van der Waals surface area contributed by atoms with E-state index in [1.54, 1.807) is 0 Å². The largest absolute Gasteiger partial charge is 0.392 e. The standard InChI is InChI=1S/C13H26N2OS/c1-5-9-15(10-6-2)12(16)13(7-3,8-4)11(14)17/h5-10H2,1-4H3,(H2,14,17). The Balaban J connectivity index is 5.09. The summed E-state index contributed by atoms with van der Waals surface area (Å²) in [6, 6.07) is 0. The van der Waals surface area contributed by atoms with Crippen LogP contribution in [-0.4, -0.2) is 28.9 Å². The third-order valence-corrected chi connectivity index (χ3v) is 3.75. The minimum Gasteiger partial charge on any atom is -0.392 e. The fourth-order valence-electron chi connectivity index (χ4n) is 2.16. The van der Waals surface area contributed by atoms with E-state index >= 15 is 0 Å². The first-order chi connectivity index (χ1) is 7.99. The van der Waals surface area contributed by atoms with Gasteiger partial charge in [-0.05, 0) is 25.7 Å². The lowest BCUT2D eigenvalue weighted by Crippen LogP contribution is -2.50. The van der Waals surface area contributed by atoms with E-state index in [0.29, 0.717) is 17.8 Å². The number of carbonyl (C=O) groups excluding carboxylic acids is 1. The lowest BCUT2D eigenvalue weighted by Gasteiger charge is -2.35. The van der Waals surface area contributed by atoms with E-state index < -0.39 is 5.41 Å². The van der Waals surface area contributed by atoms with Crippen LogP contribution < -0.4 is 5.73 Å². The molecule has 0 aliphatic carbocycles. The van der Waals surface area contributed by atoms with Gasteiger partial charge in [0, 0.05) is 13.1 Å². The molecule has 17 heavy (non-hydrogen) atoms. The van der Waals surface area contributed by atoms with E-state index in [9.17, 15) is 4.79 Å². The summed E-state index contributed by atoms with van der Waals surface area (Å²) in [5, 5.41) is 0. The Morgan fingerprint density at radius 3 is 1.76 bits per heavy atom. The second-order valence-electron chi connectivity index (χ2n) is 4.45. The predicted molar refractivity (Wildman–Crippen MR) is 77.0 cm³/mol. The first kappa shape index (κ1) is 16.4. The number of thiocarbonyl (C=S) groups is 1. The van der Waals surface area contributed by atoms with Crippen molar-refractivity contribution in [2.24, 2.45) is 11.1 Å². The maximum atomic E-state index is 12.6. The Kier molecular flexibility index (Phi) is 7.35. The van der Waals surface area contributed by atoms with Crippen molar-refractivity contribution in [3.8, 4) is 0 Å². The van der Waals surface area contributed by atoms with Gasteiger partial charge in [-0.2, -0.15) is 0 Å². The molecule has 0 radical (unpaired) electrons. The molecular formula is C13H26N2OS. The van der Waals surface area contributed by atoms with Gasteiger partial charge in [0.1, 0.15) is 0 Å². The third-order valence-electron chi connectivity index (χ3n) is 3.36. The van der Waals surface area contributed by atoms with Gasteiger partial charge >= 0.3 is 0 Å². The van der Waals surface area contributed by atoms with Crippen LogP contribution in [0.15, 0.2) is 0 Å². The SMILES string of the molecule is CCCN(CCC)C(=O)C(CC)(CC)C(N)=S. The molecule has 0 unspecified atom stereocenters. The monoisotopic (exact) mass is 258 g/mol. The van der Waals surface area contributed by atoms with Crippen LogP contribution in [0.2, 0.25) is 0 Å². The fourth-order valence-corrected chi connectivity index (χ4v) is 2.54. The lowest BCUT2D eigenvalue weighted by molar-refractivity contribution is -0.138. The first-order valence-corrected chi connectivity index (χ1v) is 7.00. The van der Waals surface area contributed by atoms with E-state index in [1.807, 2.05) is 18.7 Å². The zero-order chi connectivity index (χ0) is 13.5. The van der Waals surface area contributed by atoms with Crippen molar-refractivity contribution in [2.75, 3.05) is 13.1 Å². The lowest BCUT2D eigenvalue weighted by atomic mass is 9.80. The molecule has 0 aliphatic rings. The van der Waals surface area contributed by atoms with Crippen LogP contribution in [0, 0.1) is 5.41 Å². The van der Waals surface area contributed by atoms with Gasteiger partial charge in [0.2, 0.25) is 5.91 Å². The maximum Gasteiger partial charge on any atom is 0.235 e. The minimum atomic E-state index is -0.639. The number of carbonyl (C=O) groups is 1. The molecule has 0 aromatic rings. The molecule has 0 spiro atoms. The average Bonchev–Trinajstić information content (AvgIpc) is 2.30. The number of hydrogen-bond donors (Lipinski definition) is 1. The van der Waals surface area contributed by atoms with Crippen molar-refractivity contribution in [3.05, 3.63) is 0 Å². The molecule has 0 aromatic heterocycles. The zero-order valence-corrected chi connectivity index (χ0v) is 12.4. The molecule has 100 valence electrons. The first-order valence-electron chi connectivity index (χ1n) is 6.59. The minimum absolute atomic E-state index is 0.110. The van der Waals surface area contributed by atoms with Gasteiger partial charge in [0.15, 0.2) is 0 Å². The van der Waals surface area contributed by atoms with Crippen LogP contribution in [0.3, 0.4) is 0 Å². The van der Waals surface area contributed by atoms with E-state index in [2.05, 4.69) is 13.8 Å². The summed E-state index contributed by atoms with van der Waals surface area (Å²) in [5.74, 6) is 0.110. The third kappa shape index (κ3) is 3.66. The summed E-state index contributed by atoms with van der Waals surface area (Å²) in [4.78, 5) is 14.9. The van der Waals surface area contributed by atoms with Crippen LogP contribution in [0.25, 0.3) is 0 Å². The number of nitrogens with two attached hydrogens (primary N) is 1. The van der Waals surface area contributed by atoms with Crippen molar-refractivity contribution in [1.29, 1.82) is 0 Å². The van der Waals surface area contributed by atoms with E-state index in [0.717, 1.165) is 25.9 Å². The maximum absolute atomic E-state index is 12.6. The highest BCUT2D eigenvalue weighted by molar-refractivity contribution is 7.80. The molecule has 0 aliphatic heterocycles. The number of amides is 1. The molecule has 4 heteroatoms. The smallest absolute Gasteiger partial charge is 0.235 e. The summed E-state index contributed by atoms with van der Waals surface area (Å²) < 4.78 is 0. The van der Waals surface area contributed by atoms with Gasteiger partial charge in [-0.25, -0.2) is 0 Å². The zero-order valence-electron chi connectivity index (χ0n) is 11.6. The van der Waals surface area contributed by atoms with Crippen molar-refractivity contribution in [1.82, 2.24) is 4.90 Å². The molecule has 2 N–H and O–H groups in total. The molecular weight excluding hydrogens is 232 g/mol. The summed E-state index contributed by atoms with van der Waals surface area (Å²) in [6.45, 7) is 9.70. The quantitative estimate of drug-likeness (QED) is 0.681. The van der Waals surface area contributed by atoms with Crippen molar-refractivity contribution >= 4 is 23.1 Å². The Hall–Kier alpha value is -0.640. The van der Waals surface area contributed by atoms with Crippen molar-refractivity contribution < 1.29 is 4.79 Å². The molecule has 0 atom stereocenters. The Morgan fingerprint density at radius 1 is 1.12 bits per heavy atom. The van der Waals surface area contributed by atoms with E-state index in [4.69, 9.17) is 18.0 Å². The van der Waals surface area contributed by atoms with Crippen LogP contribution in [0.5, 0.6) is 0 Å². The van der Waals surface area contributed by atoms with E-state index in [1.165, 1.54) is 0 Å². The van der Waals surface area contributed by atoms with Gasteiger partial charge in [-0.15, -0.1) is 0 Å². The summed E-state index contributed by atoms with van der Waals surface area (Å²) >= 11 is 5.12. The van der Waals surface area contributed by atoms with Crippen LogP contribution >= 0.6 is 12.2 Å². The van der Waals surface area contributed by atoms with Crippen LogP contribution in [0.4, 0.5) is 0 Å². The number of nitrogens with zero attached hydrogens (tertiary/aromatic N) is 1. The van der Waals surface area contributed by atoms with Gasteiger partial charge in [-0.1, -0.05) is 39.9 Å². The Bertz CT molecular complexity index is 256. The van der Waals surface area contributed by atoms with Gasteiger partial charge in [0.05, 0.1) is 10.4 Å². The highest BCUT2D eigenvalue weighted by Gasteiger charge is 2.40. The van der Waals surface area contributed by atoms with Crippen molar-refractivity contribution in [3.63, 3.8) is 0 Å². The summed E-state index contributed by atoms with van der Waals surface area (Å²) in [7, 11) is 0. The van der Waals surface area contributed by atoms with Gasteiger partial charge in [0.25, 0.3) is 0 Å². The molecule has 3 nitrogen and oxygen atoms in total. The Labute approximate surface area is 111 Å². The number of rotatable bonds is 8. The average molecular weight is 258 g/mol. The van der Waals surface area contributed by atoms with Crippen LogP contribution in [-0.2, 0) is 4.79 Å². The second kappa shape index (κ2) is 7.64. The van der Waals surface area contributed by atoms with E-state index in [-0.39, 0.29) is 5.91 Å². The molecule has 0 heterocycles. The number of hydrogen-bond acceptors (Lipinski definition) is 2. The molecule has 0 saturated carbocycles. The second-order valence-corrected chi connectivity index (χ2v) is 4.89. The van der Waals surface area contributed by atoms with Gasteiger partial charge in [-0.3, -0.25) is 4.79 Å². The van der Waals surface area contributed by atoms with Crippen molar-refractivity contribution in [2.45, 2.75) is 53.4 Å². The molecule has 0 fully saturated rings. The molecule has 0 aromatic carbocycles. The summed E-state index contributed by atoms with van der Waals surface area (Å²) in [6.07, 6.45) is 3.29. The molecule has 0 saturated heterocycles. The Morgan fingerprint density at radius 2 is 1.53 bits per heavy atom. The predicted octanol–water partition coefficient (Wildman–Crippen LogP) is 2.73. The highest BCUT2D eigenvalue weighted by atomic mass is 32.1. The normalized spacial score (nSPS) is 11.3. The molecule has 0 bridgehead atoms. The van der Waals surface area contributed by atoms with Gasteiger partial charge < -0.3 is 10.6 Å². The molecule has 0 rings (SSSR count). The fraction of sp³-hybridized carbons (Fsp3) is 0.846. The topological polar surface area (TPSA) is 46.3 Å².